The summed E-state index contributed by atoms with van der Waals surface area (Å²) >= 11 is 0. The van der Waals surface area contributed by atoms with Gasteiger partial charge in [-0.25, -0.2) is 14.8 Å². The molecule has 10 heteroatoms. The van der Waals surface area contributed by atoms with Crippen molar-refractivity contribution in [3.63, 3.8) is 0 Å². The summed E-state index contributed by atoms with van der Waals surface area (Å²) in [5.74, 6) is 1.75. The summed E-state index contributed by atoms with van der Waals surface area (Å²) in [7, 11) is 1.80. The van der Waals surface area contributed by atoms with Gasteiger partial charge < -0.3 is 20.3 Å². The predicted molar refractivity (Wildman–Crippen MR) is 136 cm³/mol. The number of rotatable bonds is 5. The molecule has 2 N–H and O–H groups in total. The second-order valence-electron chi connectivity index (χ2n) is 9.09. The van der Waals surface area contributed by atoms with E-state index in [0.29, 0.717) is 30.4 Å². The molecule has 0 unspecified atom stereocenters. The lowest BCUT2D eigenvalue weighted by Crippen LogP contribution is -2.45. The first-order valence-corrected chi connectivity index (χ1v) is 12.1. The molecule has 3 aromatic rings. The normalized spacial score (nSPS) is 18.3. The number of hydrogen-bond acceptors (Lipinski definition) is 7. The Balaban J connectivity index is 1.39. The molecule has 2 aromatic heterocycles. The van der Waals surface area contributed by atoms with Crippen LogP contribution in [0.15, 0.2) is 36.7 Å². The minimum absolute atomic E-state index is 0.268. The Bertz CT molecular complexity index is 1190. The van der Waals surface area contributed by atoms with Crippen molar-refractivity contribution in [2.75, 3.05) is 48.4 Å². The molecule has 0 spiro atoms. The summed E-state index contributed by atoms with van der Waals surface area (Å²) in [5.41, 5.74) is 4.61. The van der Waals surface area contributed by atoms with Crippen LogP contribution < -0.4 is 15.5 Å². The number of carbonyl (C=O) groups excluding carboxylic acids is 1. The maximum Gasteiger partial charge on any atom is 0.323 e. The summed E-state index contributed by atoms with van der Waals surface area (Å²) in [4.78, 5) is 27.2. The summed E-state index contributed by atoms with van der Waals surface area (Å²) in [5, 5.41) is 9.68. The molecule has 5 rings (SSSR count). The minimum Gasteiger partial charge on any atom is -0.377 e. The first-order chi connectivity index (χ1) is 17.0. The number of carbonyl (C=O) groups is 1. The first kappa shape index (κ1) is 23.3. The number of benzene rings is 1. The molecule has 184 valence electrons. The van der Waals surface area contributed by atoms with Gasteiger partial charge in [0, 0.05) is 49.7 Å². The molecule has 0 aliphatic carbocycles. The molecule has 1 atom stereocenters. The molecule has 1 saturated heterocycles. The minimum atomic E-state index is -0.320. The number of fused-ring (bicyclic) bond motifs is 1. The largest absolute Gasteiger partial charge is 0.377 e. The monoisotopic (exact) mass is 476 g/mol. The molecule has 4 heterocycles. The smallest absolute Gasteiger partial charge is 0.323 e. The highest BCUT2D eigenvalue weighted by Crippen LogP contribution is 2.31. The number of morpholine rings is 1. The Morgan fingerprint density at radius 1 is 1.14 bits per heavy atom. The Morgan fingerprint density at radius 2 is 1.94 bits per heavy atom. The van der Waals surface area contributed by atoms with Crippen LogP contribution in [-0.2, 0) is 24.8 Å². The topological polar surface area (TPSA) is 100 Å². The third-order valence-corrected chi connectivity index (χ3v) is 6.57. The Hall–Kier alpha value is -3.50. The number of anilines is 3. The van der Waals surface area contributed by atoms with Gasteiger partial charge in [-0.15, -0.1) is 0 Å². The van der Waals surface area contributed by atoms with Crippen molar-refractivity contribution in [3.8, 4) is 11.4 Å². The van der Waals surface area contributed by atoms with Crippen LogP contribution in [0.2, 0.25) is 0 Å². The van der Waals surface area contributed by atoms with Gasteiger partial charge in [-0.05, 0) is 44.2 Å². The number of amides is 2. The van der Waals surface area contributed by atoms with Crippen molar-refractivity contribution in [3.05, 3.63) is 47.9 Å². The van der Waals surface area contributed by atoms with Crippen molar-refractivity contribution >= 4 is 23.2 Å². The third kappa shape index (κ3) is 5.13. The van der Waals surface area contributed by atoms with Crippen molar-refractivity contribution in [1.82, 2.24) is 24.6 Å². The van der Waals surface area contributed by atoms with Gasteiger partial charge in [-0.2, -0.15) is 5.10 Å². The molecule has 2 aliphatic heterocycles. The highest BCUT2D eigenvalue weighted by Gasteiger charge is 2.28. The maximum absolute atomic E-state index is 12.3. The van der Waals surface area contributed by atoms with E-state index in [1.54, 1.807) is 24.1 Å². The zero-order valence-corrected chi connectivity index (χ0v) is 20.5. The van der Waals surface area contributed by atoms with Crippen LogP contribution in [0, 0.1) is 0 Å². The molecule has 2 amide bonds. The number of hydrogen-bond donors (Lipinski definition) is 2. The molecule has 10 nitrogen and oxygen atoms in total. The number of likely N-dealkylation sites (N-methyl/N-ethyl adjacent to an activating group) is 1. The van der Waals surface area contributed by atoms with E-state index < -0.39 is 0 Å². The number of aromatic nitrogens is 4. The lowest BCUT2D eigenvalue weighted by Gasteiger charge is -2.37. The van der Waals surface area contributed by atoms with Crippen LogP contribution in [0.4, 0.5) is 22.0 Å². The molecule has 0 saturated carbocycles. The van der Waals surface area contributed by atoms with Crippen LogP contribution in [0.25, 0.3) is 11.4 Å². The van der Waals surface area contributed by atoms with E-state index in [1.165, 1.54) is 5.56 Å². The van der Waals surface area contributed by atoms with Crippen LogP contribution in [-0.4, -0.2) is 69.6 Å². The van der Waals surface area contributed by atoms with Crippen LogP contribution in [0.5, 0.6) is 0 Å². The molecule has 0 bridgehead atoms. The van der Waals surface area contributed by atoms with Gasteiger partial charge in [-0.3, -0.25) is 9.58 Å². The summed E-state index contributed by atoms with van der Waals surface area (Å²) in [6, 6.07) is 7.60. The SMILES string of the molecule is CCN1CCc2c(nc(-c3ccc(NC(=O)Nc4cnn(C)c4)cc3)nc2N2CCOC[C@@H]2C)C1. The molecule has 1 fully saturated rings. The second kappa shape index (κ2) is 10.0. The van der Waals surface area contributed by atoms with Gasteiger partial charge in [0.15, 0.2) is 5.82 Å². The molecular formula is C25H32N8O2. The zero-order chi connectivity index (χ0) is 24.4. The first-order valence-electron chi connectivity index (χ1n) is 12.1. The maximum atomic E-state index is 12.3. The predicted octanol–water partition coefficient (Wildman–Crippen LogP) is 3.12. The molecule has 35 heavy (non-hydrogen) atoms. The van der Waals surface area contributed by atoms with Crippen molar-refractivity contribution in [2.24, 2.45) is 7.05 Å². The van der Waals surface area contributed by atoms with Crippen LogP contribution in [0.3, 0.4) is 0 Å². The Labute approximate surface area is 205 Å². The second-order valence-corrected chi connectivity index (χ2v) is 9.09. The van der Waals surface area contributed by atoms with Gasteiger partial charge in [0.05, 0.1) is 36.8 Å². The van der Waals surface area contributed by atoms with Gasteiger partial charge in [0.1, 0.15) is 5.82 Å². The summed E-state index contributed by atoms with van der Waals surface area (Å²) < 4.78 is 7.31. The van der Waals surface area contributed by atoms with Gasteiger partial charge in [0.25, 0.3) is 0 Å². The van der Waals surface area contributed by atoms with E-state index in [2.05, 4.69) is 39.4 Å². The van der Waals surface area contributed by atoms with E-state index in [4.69, 9.17) is 14.7 Å². The fourth-order valence-corrected chi connectivity index (χ4v) is 4.63. The molecule has 1 aromatic carbocycles. The Kier molecular flexibility index (Phi) is 6.65. The fraction of sp³-hybridized carbons (Fsp3) is 0.440. The number of nitrogens with zero attached hydrogens (tertiary/aromatic N) is 6. The van der Waals surface area contributed by atoms with E-state index in [1.807, 2.05) is 24.3 Å². The number of nitrogens with one attached hydrogen (secondary N) is 2. The van der Waals surface area contributed by atoms with Crippen molar-refractivity contribution < 1.29 is 9.53 Å². The number of ether oxygens (including phenoxy) is 1. The van der Waals surface area contributed by atoms with E-state index in [-0.39, 0.29) is 12.1 Å². The average molecular weight is 477 g/mol. The zero-order valence-electron chi connectivity index (χ0n) is 20.5. The van der Waals surface area contributed by atoms with Gasteiger partial charge in [0.2, 0.25) is 0 Å². The van der Waals surface area contributed by atoms with Crippen LogP contribution >= 0.6 is 0 Å². The summed E-state index contributed by atoms with van der Waals surface area (Å²) in [6.07, 6.45) is 4.29. The molecule has 2 aliphatic rings. The van der Waals surface area contributed by atoms with Gasteiger partial charge in [-0.1, -0.05) is 6.92 Å². The van der Waals surface area contributed by atoms with Crippen molar-refractivity contribution in [2.45, 2.75) is 32.9 Å². The number of aryl methyl sites for hydroxylation is 1. The standard InChI is InChI=1S/C25H32N8O2/c1-4-32-10-9-21-22(15-32)29-23(30-24(21)33-11-12-35-16-17(33)2)18-5-7-19(8-6-18)27-25(34)28-20-13-26-31(3)14-20/h5-8,13-14,17H,4,9-12,15-16H2,1-3H3,(H2,27,28,34)/t17-/m0/s1. The van der Waals surface area contributed by atoms with Gasteiger partial charge >= 0.3 is 6.03 Å². The highest BCUT2D eigenvalue weighted by atomic mass is 16.5. The molecule has 0 radical (unpaired) electrons. The molecular weight excluding hydrogens is 444 g/mol. The fourth-order valence-electron chi connectivity index (χ4n) is 4.63. The number of urea groups is 1. The van der Waals surface area contributed by atoms with Crippen molar-refractivity contribution in [1.29, 1.82) is 0 Å². The van der Waals surface area contributed by atoms with E-state index in [9.17, 15) is 4.79 Å². The average Bonchev–Trinajstić information content (AvgIpc) is 3.27. The quantitative estimate of drug-likeness (QED) is 0.584. The lowest BCUT2D eigenvalue weighted by molar-refractivity contribution is 0.0983. The Morgan fingerprint density at radius 3 is 2.66 bits per heavy atom. The van der Waals surface area contributed by atoms with E-state index in [0.717, 1.165) is 49.7 Å². The van der Waals surface area contributed by atoms with E-state index >= 15 is 0 Å². The lowest BCUT2D eigenvalue weighted by atomic mass is 10.0. The summed E-state index contributed by atoms with van der Waals surface area (Å²) in [6.45, 7) is 9.48. The third-order valence-electron chi connectivity index (χ3n) is 6.57. The van der Waals surface area contributed by atoms with Crippen LogP contribution in [0.1, 0.15) is 25.1 Å². The highest BCUT2D eigenvalue weighted by molar-refractivity contribution is 5.99.